The van der Waals surface area contributed by atoms with Gasteiger partial charge in [-0.25, -0.2) is 4.39 Å². The first kappa shape index (κ1) is 14.8. The minimum absolute atomic E-state index is 0.258. The van der Waals surface area contributed by atoms with Gasteiger partial charge in [-0.05, 0) is 35.9 Å². The van der Waals surface area contributed by atoms with Gasteiger partial charge in [0.1, 0.15) is 11.5 Å². The summed E-state index contributed by atoms with van der Waals surface area (Å²) in [6.07, 6.45) is 1.78. The van der Waals surface area contributed by atoms with E-state index in [-0.39, 0.29) is 5.82 Å². The van der Waals surface area contributed by atoms with Crippen LogP contribution in [-0.4, -0.2) is 10.5 Å². The monoisotopic (exact) mass is 338 g/mol. The summed E-state index contributed by atoms with van der Waals surface area (Å²) in [6, 6.07) is 8.29. The number of aromatic nitrogens is 1. The highest BCUT2D eigenvalue weighted by Gasteiger charge is 2.26. The molecule has 0 radical (unpaired) electrons. The molecule has 0 saturated carbocycles. The molecule has 2 rings (SSSR count). The lowest BCUT2D eigenvalue weighted by atomic mass is 9.84. The van der Waals surface area contributed by atoms with Gasteiger partial charge in [-0.15, -0.1) is 0 Å². The van der Waals surface area contributed by atoms with Gasteiger partial charge in [-0.2, -0.15) is 0 Å². The van der Waals surface area contributed by atoms with Crippen LogP contribution in [0.3, 0.4) is 0 Å². The molecule has 2 aromatic rings. The highest BCUT2D eigenvalue weighted by molar-refractivity contribution is 9.10. The molecule has 1 aromatic heterocycles. The zero-order valence-electron chi connectivity index (χ0n) is 11.4. The van der Waals surface area contributed by atoms with E-state index in [0.29, 0.717) is 17.8 Å². The maximum atomic E-state index is 14.0. The first-order valence-corrected chi connectivity index (χ1v) is 7.01. The van der Waals surface area contributed by atoms with Crippen molar-refractivity contribution < 1.29 is 9.18 Å². The fourth-order valence-corrected chi connectivity index (χ4v) is 2.66. The number of benzene rings is 1. The van der Waals surface area contributed by atoms with Crippen LogP contribution in [0.5, 0.6) is 0 Å². The molecule has 1 amide bonds. The lowest BCUT2D eigenvalue weighted by molar-refractivity contribution is 0.0990. The van der Waals surface area contributed by atoms with E-state index in [1.807, 2.05) is 13.8 Å². The van der Waals surface area contributed by atoms with Crippen LogP contribution in [0.1, 0.15) is 29.9 Å². The van der Waals surface area contributed by atoms with Gasteiger partial charge in [0.25, 0.3) is 5.91 Å². The van der Waals surface area contributed by atoms with Crippen molar-refractivity contribution in [2.24, 2.45) is 5.73 Å². The Hall–Kier alpha value is -1.62. The van der Waals surface area contributed by atoms with Crippen LogP contribution in [0, 0.1) is 5.82 Å². The maximum absolute atomic E-state index is 14.0. The van der Waals surface area contributed by atoms with Crippen LogP contribution in [-0.2, 0) is 12.0 Å². The number of hydrogen-bond donors (Lipinski definition) is 1. The van der Waals surface area contributed by atoms with Gasteiger partial charge < -0.3 is 10.3 Å². The molecule has 106 valence electrons. The van der Waals surface area contributed by atoms with Gasteiger partial charge >= 0.3 is 0 Å². The third-order valence-electron chi connectivity index (χ3n) is 3.31. The number of hydrogen-bond acceptors (Lipinski definition) is 1. The smallest absolute Gasteiger partial charge is 0.265 e. The Labute approximate surface area is 125 Å². The van der Waals surface area contributed by atoms with Crippen molar-refractivity contribution in [1.82, 2.24) is 4.57 Å². The van der Waals surface area contributed by atoms with E-state index in [1.54, 1.807) is 35.0 Å². The number of nitrogens with two attached hydrogens (primary N) is 1. The van der Waals surface area contributed by atoms with Gasteiger partial charge in [0.2, 0.25) is 0 Å². The van der Waals surface area contributed by atoms with Gasteiger partial charge in [0.15, 0.2) is 0 Å². The normalized spacial score (nSPS) is 11.6. The van der Waals surface area contributed by atoms with Crippen molar-refractivity contribution in [2.45, 2.75) is 25.8 Å². The number of rotatable bonds is 4. The number of carbonyl (C=O) groups excluding carboxylic acids is 1. The number of primary amides is 1. The van der Waals surface area contributed by atoms with Gasteiger partial charge in [0.05, 0.1) is 0 Å². The Morgan fingerprint density at radius 3 is 2.75 bits per heavy atom. The Kier molecular flexibility index (Phi) is 3.99. The third-order valence-corrected chi connectivity index (χ3v) is 3.80. The molecule has 0 aliphatic carbocycles. The highest BCUT2D eigenvalue weighted by Crippen LogP contribution is 2.30. The van der Waals surface area contributed by atoms with E-state index in [1.165, 1.54) is 6.07 Å². The lowest BCUT2D eigenvalue weighted by Crippen LogP contribution is -2.28. The van der Waals surface area contributed by atoms with Crippen molar-refractivity contribution in [2.75, 3.05) is 0 Å². The van der Waals surface area contributed by atoms with Crippen LogP contribution >= 0.6 is 15.9 Å². The Morgan fingerprint density at radius 2 is 2.10 bits per heavy atom. The molecule has 1 heterocycles. The van der Waals surface area contributed by atoms with Crippen molar-refractivity contribution >= 4 is 21.8 Å². The predicted molar refractivity (Wildman–Crippen MR) is 80.1 cm³/mol. The van der Waals surface area contributed by atoms with Gasteiger partial charge in [-0.1, -0.05) is 29.8 Å². The minimum atomic E-state index is -0.486. The van der Waals surface area contributed by atoms with Crippen LogP contribution < -0.4 is 5.73 Å². The molecule has 0 spiro atoms. The molecular weight excluding hydrogens is 323 g/mol. The summed E-state index contributed by atoms with van der Waals surface area (Å²) in [4.78, 5) is 11.3. The molecule has 0 aliphatic heterocycles. The van der Waals surface area contributed by atoms with Crippen LogP contribution in [0.4, 0.5) is 4.39 Å². The summed E-state index contributed by atoms with van der Waals surface area (Å²) < 4.78 is 16.6. The number of carbonyl (C=O) groups is 1. The lowest BCUT2D eigenvalue weighted by Gasteiger charge is -2.27. The predicted octanol–water partition coefficient (Wildman–Crippen LogP) is 3.47. The average molecular weight is 339 g/mol. The zero-order chi connectivity index (χ0) is 14.9. The summed E-state index contributed by atoms with van der Waals surface area (Å²) in [5.74, 6) is -0.744. The Balaban J connectivity index is 2.38. The second-order valence-corrected chi connectivity index (χ2v) is 6.31. The van der Waals surface area contributed by atoms with Crippen LogP contribution in [0.25, 0.3) is 0 Å². The van der Waals surface area contributed by atoms with E-state index < -0.39 is 11.3 Å². The quantitative estimate of drug-likeness (QED) is 0.911. The molecule has 0 aliphatic rings. The largest absolute Gasteiger partial charge is 0.364 e. The first-order chi connectivity index (χ1) is 9.31. The number of nitrogens with zero attached hydrogens (tertiary/aromatic N) is 1. The molecule has 20 heavy (non-hydrogen) atoms. The third kappa shape index (κ3) is 2.93. The Bertz CT molecular complexity index is 649. The zero-order valence-corrected chi connectivity index (χ0v) is 12.9. The van der Waals surface area contributed by atoms with Gasteiger partial charge in [0, 0.05) is 22.6 Å². The molecular formula is C15H16BrFN2O. The minimum Gasteiger partial charge on any atom is -0.364 e. The van der Waals surface area contributed by atoms with E-state index in [9.17, 15) is 9.18 Å². The summed E-state index contributed by atoms with van der Waals surface area (Å²) in [6.45, 7) is 4.33. The van der Waals surface area contributed by atoms with E-state index >= 15 is 0 Å². The fraction of sp³-hybridized carbons (Fsp3) is 0.267. The second-order valence-electron chi connectivity index (χ2n) is 5.39. The van der Waals surface area contributed by atoms with E-state index in [4.69, 9.17) is 5.73 Å². The van der Waals surface area contributed by atoms with Gasteiger partial charge in [-0.3, -0.25) is 4.79 Å². The SMILES string of the molecule is CC(C)(Cn1cccc1C(N)=O)c1cc(Br)ccc1F. The molecule has 0 saturated heterocycles. The molecule has 0 bridgehead atoms. The van der Waals surface area contributed by atoms with Crippen molar-refractivity contribution in [3.8, 4) is 0 Å². The number of amides is 1. The highest BCUT2D eigenvalue weighted by atomic mass is 79.9. The van der Waals surface area contributed by atoms with Crippen molar-refractivity contribution in [3.63, 3.8) is 0 Å². The maximum Gasteiger partial charge on any atom is 0.265 e. The summed E-state index contributed by atoms with van der Waals surface area (Å²) in [5.41, 5.74) is 5.87. The second kappa shape index (κ2) is 5.40. The van der Waals surface area contributed by atoms with E-state index in [0.717, 1.165) is 4.47 Å². The summed E-state index contributed by atoms with van der Waals surface area (Å²) in [7, 11) is 0. The van der Waals surface area contributed by atoms with Crippen LogP contribution in [0.2, 0.25) is 0 Å². The van der Waals surface area contributed by atoms with Crippen molar-refractivity contribution in [1.29, 1.82) is 0 Å². The van der Waals surface area contributed by atoms with Crippen molar-refractivity contribution in [3.05, 3.63) is 58.1 Å². The number of halogens is 2. The molecule has 0 atom stereocenters. The fourth-order valence-electron chi connectivity index (χ4n) is 2.30. The topological polar surface area (TPSA) is 48.0 Å². The van der Waals surface area contributed by atoms with Crippen LogP contribution in [0.15, 0.2) is 41.0 Å². The summed E-state index contributed by atoms with van der Waals surface area (Å²) >= 11 is 3.36. The molecule has 0 fully saturated rings. The molecule has 5 heteroatoms. The molecule has 1 aromatic carbocycles. The average Bonchev–Trinajstić information content (AvgIpc) is 2.79. The molecule has 3 nitrogen and oxygen atoms in total. The summed E-state index contributed by atoms with van der Waals surface area (Å²) in [5, 5.41) is 0. The first-order valence-electron chi connectivity index (χ1n) is 6.22. The Morgan fingerprint density at radius 1 is 1.40 bits per heavy atom. The molecule has 2 N–H and O–H groups in total. The van der Waals surface area contributed by atoms with E-state index in [2.05, 4.69) is 15.9 Å². The standard InChI is InChI=1S/C15H16BrFN2O/c1-15(2,11-8-10(16)5-6-12(11)17)9-19-7-3-4-13(19)14(18)20/h3-8H,9H2,1-2H3,(H2,18,20). The molecule has 0 unspecified atom stereocenters.